The molecule has 21 heavy (non-hydrogen) atoms. The second-order valence-electron chi connectivity index (χ2n) is 4.51. The fourth-order valence-electron chi connectivity index (χ4n) is 2.43. The van der Waals surface area contributed by atoms with Crippen LogP contribution in [0.4, 0.5) is 5.69 Å². The summed E-state index contributed by atoms with van der Waals surface area (Å²) in [5, 5.41) is 22.2. The van der Waals surface area contributed by atoms with Crippen molar-refractivity contribution in [1.29, 1.82) is 0 Å². The predicted octanol–water partition coefficient (Wildman–Crippen LogP) is 1.44. The lowest BCUT2D eigenvalue weighted by Crippen LogP contribution is -2.21. The van der Waals surface area contributed by atoms with Crippen molar-refractivity contribution in [2.24, 2.45) is 0 Å². The van der Waals surface area contributed by atoms with Crippen molar-refractivity contribution in [2.45, 2.75) is 0 Å². The first-order chi connectivity index (χ1) is 10.1. The van der Waals surface area contributed by atoms with Crippen molar-refractivity contribution >= 4 is 23.7 Å². The minimum absolute atomic E-state index is 0.137. The van der Waals surface area contributed by atoms with Crippen molar-refractivity contribution in [1.82, 2.24) is 0 Å². The second-order valence-corrected chi connectivity index (χ2v) is 4.51. The van der Waals surface area contributed by atoms with Crippen LogP contribution in [0.2, 0.25) is 0 Å². The zero-order valence-electron chi connectivity index (χ0n) is 10.6. The van der Waals surface area contributed by atoms with Gasteiger partial charge in [0.05, 0.1) is 16.8 Å². The van der Waals surface area contributed by atoms with Crippen LogP contribution < -0.4 is 5.32 Å². The van der Waals surface area contributed by atoms with Crippen LogP contribution in [0.5, 0.6) is 11.5 Å². The molecule has 1 aliphatic carbocycles. The smallest absolute Gasteiger partial charge is 0.211 e. The van der Waals surface area contributed by atoms with Gasteiger partial charge in [0, 0.05) is 17.2 Å². The van der Waals surface area contributed by atoms with E-state index in [0.29, 0.717) is 6.41 Å². The first-order valence-electron chi connectivity index (χ1n) is 6.03. The minimum atomic E-state index is -0.581. The molecule has 3 rings (SSSR count). The quantitative estimate of drug-likeness (QED) is 0.375. The summed E-state index contributed by atoms with van der Waals surface area (Å²) in [6.07, 6.45) is 0.296. The Kier molecular flexibility index (Phi) is 2.72. The average molecular weight is 283 g/mol. The fraction of sp³-hybridized carbons (Fsp3) is 0. The molecular weight excluding hydrogens is 274 g/mol. The van der Waals surface area contributed by atoms with E-state index >= 15 is 0 Å². The summed E-state index contributed by atoms with van der Waals surface area (Å²) in [4.78, 5) is 35.3. The van der Waals surface area contributed by atoms with Crippen LogP contribution in [0, 0.1) is 0 Å². The number of rotatable bonds is 2. The Morgan fingerprint density at radius 3 is 2.10 bits per heavy atom. The predicted molar refractivity (Wildman–Crippen MR) is 72.8 cm³/mol. The molecule has 0 aromatic heterocycles. The fourth-order valence-corrected chi connectivity index (χ4v) is 2.43. The van der Waals surface area contributed by atoms with Crippen LogP contribution in [0.3, 0.4) is 0 Å². The summed E-state index contributed by atoms with van der Waals surface area (Å²) in [6, 6.07) is 7.18. The first-order valence-corrected chi connectivity index (χ1v) is 6.03. The van der Waals surface area contributed by atoms with Gasteiger partial charge in [0.2, 0.25) is 6.41 Å². The van der Waals surface area contributed by atoms with Gasteiger partial charge in [0.15, 0.2) is 17.3 Å². The molecule has 0 unspecified atom stereocenters. The van der Waals surface area contributed by atoms with Gasteiger partial charge in [-0.3, -0.25) is 14.4 Å². The van der Waals surface area contributed by atoms with E-state index in [0.717, 1.165) is 6.07 Å². The van der Waals surface area contributed by atoms with E-state index in [1.165, 1.54) is 12.1 Å². The molecule has 6 heteroatoms. The molecule has 6 nitrogen and oxygen atoms in total. The zero-order chi connectivity index (χ0) is 15.1. The number of hydrogen-bond acceptors (Lipinski definition) is 5. The molecule has 0 saturated carbocycles. The molecule has 0 saturated heterocycles. The van der Waals surface area contributed by atoms with E-state index < -0.39 is 23.1 Å². The molecule has 0 aliphatic heterocycles. The van der Waals surface area contributed by atoms with Crippen molar-refractivity contribution in [3.8, 4) is 11.5 Å². The number of amides is 1. The number of fused-ring (bicyclic) bond motifs is 2. The molecular formula is C15H9NO5. The highest BCUT2D eigenvalue weighted by Crippen LogP contribution is 2.41. The van der Waals surface area contributed by atoms with E-state index in [4.69, 9.17) is 0 Å². The molecule has 0 spiro atoms. The number of nitrogens with one attached hydrogen (secondary N) is 1. The van der Waals surface area contributed by atoms with E-state index in [9.17, 15) is 24.6 Å². The third-order valence-electron chi connectivity index (χ3n) is 3.36. The van der Waals surface area contributed by atoms with E-state index in [1.54, 1.807) is 12.1 Å². The number of ketones is 2. The summed E-state index contributed by atoms with van der Waals surface area (Å²) in [5.41, 5.74) is -0.383. The topological polar surface area (TPSA) is 104 Å². The van der Waals surface area contributed by atoms with Crippen LogP contribution in [-0.2, 0) is 4.79 Å². The minimum Gasteiger partial charge on any atom is -0.507 e. The number of phenols is 2. The highest BCUT2D eigenvalue weighted by Gasteiger charge is 2.35. The molecule has 2 aromatic rings. The Bertz CT molecular complexity index is 810. The summed E-state index contributed by atoms with van der Waals surface area (Å²) in [5.74, 6) is -2.14. The Labute approximate surface area is 118 Å². The molecule has 104 valence electrons. The molecule has 1 aliphatic rings. The zero-order valence-corrected chi connectivity index (χ0v) is 10.6. The normalized spacial score (nSPS) is 12.6. The highest BCUT2D eigenvalue weighted by molar-refractivity contribution is 6.30. The molecule has 0 atom stereocenters. The number of carbonyl (C=O) groups excluding carboxylic acids is 3. The maximum absolute atomic E-state index is 12.4. The summed E-state index contributed by atoms with van der Waals surface area (Å²) >= 11 is 0. The molecule has 2 aromatic carbocycles. The Morgan fingerprint density at radius 2 is 1.52 bits per heavy atom. The van der Waals surface area contributed by atoms with Gasteiger partial charge in [-0.25, -0.2) is 0 Å². The first kappa shape index (κ1) is 12.9. The largest absolute Gasteiger partial charge is 0.507 e. The van der Waals surface area contributed by atoms with Gasteiger partial charge < -0.3 is 15.5 Å². The van der Waals surface area contributed by atoms with Gasteiger partial charge in [-0.15, -0.1) is 0 Å². The van der Waals surface area contributed by atoms with E-state index in [2.05, 4.69) is 5.32 Å². The van der Waals surface area contributed by atoms with Crippen LogP contribution in [0.1, 0.15) is 31.8 Å². The van der Waals surface area contributed by atoms with Gasteiger partial charge in [-0.2, -0.15) is 0 Å². The molecule has 1 amide bonds. The lowest BCUT2D eigenvalue weighted by Gasteiger charge is -2.20. The number of aromatic hydroxyl groups is 2. The van der Waals surface area contributed by atoms with E-state index in [-0.39, 0.29) is 27.9 Å². The lowest BCUT2D eigenvalue weighted by atomic mass is 9.82. The standard InChI is InChI=1S/C15H9NO5/c17-6-16-9-5-10(18)11-12(15(9)21)14(20)8-4-2-1-3-7(8)13(11)19/h1-6,18,21H,(H,16,17). The Hall–Kier alpha value is -3.15. The van der Waals surface area contributed by atoms with Crippen LogP contribution in [0.25, 0.3) is 0 Å². The SMILES string of the molecule is O=CNc1cc(O)c2c(c1O)C(=O)c1ccccc1C2=O. The molecule has 0 fully saturated rings. The van der Waals surface area contributed by atoms with Crippen molar-refractivity contribution < 1.29 is 24.6 Å². The maximum atomic E-state index is 12.4. The van der Waals surface area contributed by atoms with Gasteiger partial charge >= 0.3 is 0 Å². The number of anilines is 1. The Balaban J connectivity index is 2.35. The van der Waals surface area contributed by atoms with Gasteiger partial charge in [-0.05, 0) is 0 Å². The molecule has 3 N–H and O–H groups in total. The summed E-state index contributed by atoms with van der Waals surface area (Å²) in [7, 11) is 0. The highest BCUT2D eigenvalue weighted by atomic mass is 16.3. The van der Waals surface area contributed by atoms with E-state index in [1.807, 2.05) is 0 Å². The number of hydrogen-bond donors (Lipinski definition) is 3. The van der Waals surface area contributed by atoms with Crippen LogP contribution >= 0.6 is 0 Å². The molecule has 0 heterocycles. The second kappa shape index (κ2) is 4.45. The Morgan fingerprint density at radius 1 is 0.952 bits per heavy atom. The average Bonchev–Trinajstić information content (AvgIpc) is 2.48. The number of phenolic OH excluding ortho intramolecular Hbond substituents is 2. The van der Waals surface area contributed by atoms with Crippen LogP contribution in [-0.4, -0.2) is 28.2 Å². The van der Waals surface area contributed by atoms with Gasteiger partial charge in [0.1, 0.15) is 5.75 Å². The lowest BCUT2D eigenvalue weighted by molar-refractivity contribution is -0.105. The third kappa shape index (κ3) is 1.69. The van der Waals surface area contributed by atoms with Crippen LogP contribution in [0.15, 0.2) is 30.3 Å². The number of benzene rings is 2. The van der Waals surface area contributed by atoms with Crippen molar-refractivity contribution in [3.05, 3.63) is 52.6 Å². The summed E-state index contributed by atoms with van der Waals surface area (Å²) in [6.45, 7) is 0. The van der Waals surface area contributed by atoms with Crippen molar-refractivity contribution in [2.75, 3.05) is 5.32 Å². The van der Waals surface area contributed by atoms with Crippen molar-refractivity contribution in [3.63, 3.8) is 0 Å². The molecule has 0 bridgehead atoms. The van der Waals surface area contributed by atoms with Gasteiger partial charge in [-0.1, -0.05) is 24.3 Å². The third-order valence-corrected chi connectivity index (χ3v) is 3.36. The summed E-state index contributed by atoms with van der Waals surface area (Å²) < 4.78 is 0. The number of carbonyl (C=O) groups is 3. The maximum Gasteiger partial charge on any atom is 0.211 e. The molecule has 0 radical (unpaired) electrons. The van der Waals surface area contributed by atoms with Gasteiger partial charge in [0.25, 0.3) is 0 Å². The monoisotopic (exact) mass is 283 g/mol.